The number of ether oxygens (including phenoxy) is 1. The fourth-order valence-corrected chi connectivity index (χ4v) is 0.941. The molecule has 72 valence electrons. The smallest absolute Gasteiger partial charge is 0.0807 e. The fraction of sp³-hybridized carbons (Fsp3) is 0.455. The number of aliphatic hydroxyl groups is 1. The third-order valence-corrected chi connectivity index (χ3v) is 2.04. The van der Waals surface area contributed by atoms with Crippen LogP contribution in [0.2, 0.25) is 0 Å². The van der Waals surface area contributed by atoms with Crippen LogP contribution in [-0.2, 0) is 11.3 Å². The van der Waals surface area contributed by atoms with Gasteiger partial charge in [0.15, 0.2) is 0 Å². The molecule has 13 heavy (non-hydrogen) atoms. The molecule has 1 rings (SSSR count). The maximum Gasteiger partial charge on any atom is 0.0807 e. The Labute approximate surface area is 79.2 Å². The van der Waals surface area contributed by atoms with Crippen molar-refractivity contribution < 1.29 is 9.84 Å². The molecule has 1 unspecified atom stereocenters. The van der Waals surface area contributed by atoms with Crippen LogP contribution in [0.15, 0.2) is 30.3 Å². The zero-order chi connectivity index (χ0) is 9.68. The van der Waals surface area contributed by atoms with Crippen molar-refractivity contribution in [3.05, 3.63) is 35.9 Å². The van der Waals surface area contributed by atoms with Gasteiger partial charge in [-0.3, -0.25) is 0 Å². The van der Waals surface area contributed by atoms with Gasteiger partial charge in [0, 0.05) is 0 Å². The van der Waals surface area contributed by atoms with E-state index in [0.29, 0.717) is 6.61 Å². The van der Waals surface area contributed by atoms with E-state index in [1.54, 1.807) is 6.92 Å². The van der Waals surface area contributed by atoms with Gasteiger partial charge in [-0.05, 0) is 19.4 Å². The van der Waals surface area contributed by atoms with Gasteiger partial charge in [0.2, 0.25) is 0 Å². The zero-order valence-electron chi connectivity index (χ0n) is 8.10. The second-order valence-corrected chi connectivity index (χ2v) is 3.24. The molecule has 1 N–H and O–H groups in total. The monoisotopic (exact) mass is 180 g/mol. The minimum atomic E-state index is -0.413. The minimum absolute atomic E-state index is 0.111. The van der Waals surface area contributed by atoms with Crippen LogP contribution in [0.25, 0.3) is 0 Å². The maximum atomic E-state index is 9.17. The summed E-state index contributed by atoms with van der Waals surface area (Å²) >= 11 is 0. The van der Waals surface area contributed by atoms with Gasteiger partial charge < -0.3 is 9.84 Å². The maximum absolute atomic E-state index is 9.17. The number of hydrogen-bond donors (Lipinski definition) is 1. The average molecular weight is 180 g/mol. The lowest BCUT2D eigenvalue weighted by Crippen LogP contribution is -2.22. The van der Waals surface area contributed by atoms with E-state index in [9.17, 15) is 5.11 Å². The van der Waals surface area contributed by atoms with Crippen LogP contribution in [0.4, 0.5) is 0 Å². The Morgan fingerprint density at radius 3 is 2.38 bits per heavy atom. The number of benzene rings is 1. The summed E-state index contributed by atoms with van der Waals surface area (Å²) in [7, 11) is 0. The molecular formula is C11H16O2. The van der Waals surface area contributed by atoms with E-state index in [1.807, 2.05) is 37.3 Å². The Balaban J connectivity index is 2.35. The van der Waals surface area contributed by atoms with Crippen LogP contribution in [0.5, 0.6) is 0 Å². The summed E-state index contributed by atoms with van der Waals surface area (Å²) < 4.78 is 5.44. The molecule has 0 aliphatic rings. The van der Waals surface area contributed by atoms with Gasteiger partial charge in [0.05, 0.1) is 18.8 Å². The molecule has 0 heterocycles. The van der Waals surface area contributed by atoms with Crippen molar-refractivity contribution >= 4 is 0 Å². The quantitative estimate of drug-likeness (QED) is 0.767. The third-order valence-electron chi connectivity index (χ3n) is 2.04. The van der Waals surface area contributed by atoms with Gasteiger partial charge in [-0.2, -0.15) is 0 Å². The highest BCUT2D eigenvalue weighted by molar-refractivity contribution is 5.13. The van der Waals surface area contributed by atoms with Crippen molar-refractivity contribution in [3.63, 3.8) is 0 Å². The Bertz CT molecular complexity index is 231. The Morgan fingerprint density at radius 2 is 1.85 bits per heavy atom. The van der Waals surface area contributed by atoms with Gasteiger partial charge in [0.1, 0.15) is 0 Å². The Hall–Kier alpha value is -0.860. The largest absolute Gasteiger partial charge is 0.391 e. The second-order valence-electron chi connectivity index (χ2n) is 3.24. The number of rotatable bonds is 4. The molecule has 0 radical (unpaired) electrons. The first-order valence-corrected chi connectivity index (χ1v) is 4.53. The van der Waals surface area contributed by atoms with Crippen LogP contribution in [0.1, 0.15) is 19.4 Å². The van der Waals surface area contributed by atoms with E-state index < -0.39 is 6.10 Å². The zero-order valence-corrected chi connectivity index (χ0v) is 8.10. The third kappa shape index (κ3) is 3.57. The van der Waals surface area contributed by atoms with Gasteiger partial charge in [0.25, 0.3) is 0 Å². The average Bonchev–Trinajstić information content (AvgIpc) is 2.15. The molecule has 2 nitrogen and oxygen atoms in total. The molecule has 0 saturated carbocycles. The molecule has 1 aromatic carbocycles. The number of aliphatic hydroxyl groups excluding tert-OH is 1. The highest BCUT2D eigenvalue weighted by Gasteiger charge is 2.08. The first-order valence-electron chi connectivity index (χ1n) is 4.53. The summed E-state index contributed by atoms with van der Waals surface area (Å²) in [5.41, 5.74) is 1.13. The molecule has 0 aliphatic carbocycles. The molecular weight excluding hydrogens is 164 g/mol. The highest BCUT2D eigenvalue weighted by Crippen LogP contribution is 2.05. The highest BCUT2D eigenvalue weighted by atomic mass is 16.5. The van der Waals surface area contributed by atoms with Crippen molar-refractivity contribution in [2.75, 3.05) is 0 Å². The van der Waals surface area contributed by atoms with Gasteiger partial charge in [-0.25, -0.2) is 0 Å². The molecule has 0 amide bonds. The summed E-state index contributed by atoms with van der Waals surface area (Å²) in [5, 5.41) is 9.17. The lowest BCUT2D eigenvalue weighted by Gasteiger charge is -2.15. The Kier molecular flexibility index (Phi) is 3.93. The predicted octanol–water partition coefficient (Wildman–Crippen LogP) is 1.97. The van der Waals surface area contributed by atoms with Crippen molar-refractivity contribution in [2.24, 2.45) is 0 Å². The predicted molar refractivity (Wildman–Crippen MR) is 52.4 cm³/mol. The number of hydrogen-bond acceptors (Lipinski definition) is 2. The minimum Gasteiger partial charge on any atom is -0.391 e. The Morgan fingerprint density at radius 1 is 1.23 bits per heavy atom. The normalized spacial score (nSPS) is 15.3. The topological polar surface area (TPSA) is 29.5 Å². The van der Waals surface area contributed by atoms with Crippen LogP contribution < -0.4 is 0 Å². The van der Waals surface area contributed by atoms with Crippen molar-refractivity contribution in [1.82, 2.24) is 0 Å². The van der Waals surface area contributed by atoms with Crippen LogP contribution >= 0.6 is 0 Å². The molecule has 1 aromatic rings. The van der Waals surface area contributed by atoms with Crippen LogP contribution in [0.3, 0.4) is 0 Å². The first-order chi connectivity index (χ1) is 6.20. The second kappa shape index (κ2) is 5.00. The SMILES string of the molecule is CC(OCc1ccccc1)[C@@H](C)O. The first kappa shape index (κ1) is 10.2. The molecule has 2 heteroatoms. The van der Waals surface area contributed by atoms with E-state index in [1.165, 1.54) is 0 Å². The summed E-state index contributed by atoms with van der Waals surface area (Å²) in [5.74, 6) is 0. The van der Waals surface area contributed by atoms with Crippen LogP contribution in [-0.4, -0.2) is 17.3 Å². The van der Waals surface area contributed by atoms with E-state index >= 15 is 0 Å². The fourth-order valence-electron chi connectivity index (χ4n) is 0.941. The van der Waals surface area contributed by atoms with Gasteiger partial charge in [-0.1, -0.05) is 30.3 Å². The molecule has 0 bridgehead atoms. The molecule has 0 aliphatic heterocycles. The van der Waals surface area contributed by atoms with Crippen molar-refractivity contribution in [2.45, 2.75) is 32.7 Å². The summed E-state index contributed by atoms with van der Waals surface area (Å²) in [6.07, 6.45) is -0.524. The molecule has 2 atom stereocenters. The lowest BCUT2D eigenvalue weighted by atomic mass is 10.2. The summed E-state index contributed by atoms with van der Waals surface area (Å²) in [6.45, 7) is 4.16. The standard InChI is InChI=1S/C11H16O2/c1-9(12)10(2)13-8-11-6-4-3-5-7-11/h3-7,9-10,12H,8H2,1-2H3/t9-,10?/m1/s1. The molecule has 0 spiro atoms. The van der Waals surface area contributed by atoms with Gasteiger partial charge in [-0.15, -0.1) is 0 Å². The van der Waals surface area contributed by atoms with Crippen molar-refractivity contribution in [3.8, 4) is 0 Å². The van der Waals surface area contributed by atoms with Gasteiger partial charge >= 0.3 is 0 Å². The van der Waals surface area contributed by atoms with E-state index in [-0.39, 0.29) is 6.10 Å². The summed E-state index contributed by atoms with van der Waals surface area (Å²) in [6, 6.07) is 9.95. The van der Waals surface area contributed by atoms with Crippen molar-refractivity contribution in [1.29, 1.82) is 0 Å². The lowest BCUT2D eigenvalue weighted by molar-refractivity contribution is -0.0268. The van der Waals surface area contributed by atoms with E-state index in [0.717, 1.165) is 5.56 Å². The van der Waals surface area contributed by atoms with E-state index in [2.05, 4.69) is 0 Å². The van der Waals surface area contributed by atoms with E-state index in [4.69, 9.17) is 4.74 Å². The molecule has 0 saturated heterocycles. The summed E-state index contributed by atoms with van der Waals surface area (Å²) in [4.78, 5) is 0. The van der Waals surface area contributed by atoms with Crippen LogP contribution in [0, 0.1) is 0 Å². The molecule has 0 aromatic heterocycles. The molecule has 0 fully saturated rings.